The van der Waals surface area contributed by atoms with Crippen LogP contribution < -0.4 is 21.3 Å². The maximum atomic E-state index is 4.89. The fourth-order valence-electron chi connectivity index (χ4n) is 4.95. The monoisotopic (exact) mass is 448 g/mol. The summed E-state index contributed by atoms with van der Waals surface area (Å²) in [5.41, 5.74) is 2.34. The van der Waals surface area contributed by atoms with E-state index >= 15 is 0 Å². The average molecular weight is 449 g/mol. The molecule has 29 heavy (non-hydrogen) atoms. The third kappa shape index (κ3) is 7.56. The molecule has 0 amide bonds. The van der Waals surface area contributed by atoms with Crippen molar-refractivity contribution in [3.8, 4) is 0 Å². The molecule has 2 heterocycles. The summed E-state index contributed by atoms with van der Waals surface area (Å²) < 4.78 is 0. The third-order valence-electron chi connectivity index (χ3n) is 6.43. The fraction of sp³-hybridized carbons (Fsp3) is 0.762. The number of pyridine rings is 1. The largest absolute Gasteiger partial charge is 0.412 e. The molecule has 2 fully saturated rings. The van der Waals surface area contributed by atoms with Crippen molar-refractivity contribution >= 4 is 0 Å². The van der Waals surface area contributed by atoms with Crippen LogP contribution in [0.4, 0.5) is 0 Å². The SMILES string of the molecule is O.O.[Mn].c1cc2nc(c1)CN[C@@H]1CCCCC1NCCNC1CCCC[C@H]1NC2. The molecule has 2 bridgehead atoms. The number of fused-ring (bicyclic) bond motifs is 4. The number of hydrogen-bond acceptors (Lipinski definition) is 5. The van der Waals surface area contributed by atoms with Gasteiger partial charge in [0.05, 0.1) is 11.4 Å². The Hall–Kier alpha value is -0.571. The zero-order valence-electron chi connectivity index (χ0n) is 17.4. The van der Waals surface area contributed by atoms with Crippen LogP contribution in [-0.4, -0.2) is 53.2 Å². The number of hydrogen-bond donors (Lipinski definition) is 4. The number of aromatic nitrogens is 1. The Labute approximate surface area is 185 Å². The summed E-state index contributed by atoms with van der Waals surface area (Å²) >= 11 is 0. The second-order valence-corrected chi connectivity index (χ2v) is 8.29. The molecule has 4 rings (SSSR count). The van der Waals surface area contributed by atoms with E-state index < -0.39 is 0 Å². The molecule has 1 radical (unpaired) electrons. The molecule has 2 saturated carbocycles. The van der Waals surface area contributed by atoms with Crippen LogP contribution in [0.3, 0.4) is 0 Å². The van der Waals surface area contributed by atoms with Crippen LogP contribution in [0.5, 0.6) is 0 Å². The quantitative estimate of drug-likeness (QED) is 0.429. The maximum absolute atomic E-state index is 4.89. The van der Waals surface area contributed by atoms with Gasteiger partial charge in [-0.05, 0) is 37.8 Å². The summed E-state index contributed by atoms with van der Waals surface area (Å²) in [6.45, 7) is 3.89. The molecule has 0 spiro atoms. The smallest absolute Gasteiger partial charge is 0.0545 e. The molecule has 2 unspecified atom stereocenters. The van der Waals surface area contributed by atoms with Crippen molar-refractivity contribution in [2.45, 2.75) is 88.6 Å². The van der Waals surface area contributed by atoms with Crippen molar-refractivity contribution in [1.29, 1.82) is 0 Å². The molecular weight excluding hydrogens is 409 g/mol. The van der Waals surface area contributed by atoms with E-state index in [-0.39, 0.29) is 28.0 Å². The molecule has 1 aliphatic heterocycles. The normalized spacial score (nSPS) is 30.5. The molecule has 0 saturated heterocycles. The Bertz CT molecular complexity index is 535. The molecule has 7 nitrogen and oxygen atoms in total. The van der Waals surface area contributed by atoms with Crippen molar-refractivity contribution in [2.24, 2.45) is 0 Å². The van der Waals surface area contributed by atoms with Crippen LogP contribution >= 0.6 is 0 Å². The van der Waals surface area contributed by atoms with Gasteiger partial charge in [-0.15, -0.1) is 0 Å². The second-order valence-electron chi connectivity index (χ2n) is 8.29. The first-order chi connectivity index (χ1) is 12.9. The molecule has 167 valence electrons. The summed E-state index contributed by atoms with van der Waals surface area (Å²) in [6, 6.07) is 8.81. The Balaban J connectivity index is 0.00000140. The predicted octanol–water partition coefficient (Wildman–Crippen LogP) is 0.424. The Morgan fingerprint density at radius 3 is 1.41 bits per heavy atom. The molecule has 8 N–H and O–H groups in total. The van der Waals surface area contributed by atoms with Crippen LogP contribution in [0.15, 0.2) is 18.2 Å². The van der Waals surface area contributed by atoms with Crippen molar-refractivity contribution < 1.29 is 28.0 Å². The minimum Gasteiger partial charge on any atom is -0.412 e. The van der Waals surface area contributed by atoms with E-state index in [1.165, 1.54) is 62.8 Å². The van der Waals surface area contributed by atoms with E-state index in [9.17, 15) is 0 Å². The van der Waals surface area contributed by atoms with Gasteiger partial charge in [-0.25, -0.2) is 0 Å². The zero-order chi connectivity index (χ0) is 17.6. The number of nitrogens with one attached hydrogen (secondary N) is 4. The number of nitrogens with zero attached hydrogens (tertiary/aromatic N) is 1. The van der Waals surface area contributed by atoms with E-state index in [1.807, 2.05) is 0 Å². The fourth-order valence-corrected chi connectivity index (χ4v) is 4.95. The van der Waals surface area contributed by atoms with Gasteiger partial charge >= 0.3 is 0 Å². The van der Waals surface area contributed by atoms with Crippen LogP contribution in [-0.2, 0) is 30.2 Å². The third-order valence-corrected chi connectivity index (χ3v) is 6.43. The predicted molar refractivity (Wildman–Crippen MR) is 113 cm³/mol. The van der Waals surface area contributed by atoms with E-state index in [2.05, 4.69) is 39.5 Å². The molecular formula is C21H39MnN5O2. The molecule has 0 aromatic carbocycles. The molecule has 3 aliphatic rings. The Kier molecular flexibility index (Phi) is 12.5. The van der Waals surface area contributed by atoms with Crippen LogP contribution in [0.25, 0.3) is 0 Å². The van der Waals surface area contributed by atoms with Gasteiger partial charge in [-0.1, -0.05) is 31.7 Å². The van der Waals surface area contributed by atoms with Gasteiger partial charge in [0.2, 0.25) is 0 Å². The second kappa shape index (κ2) is 13.7. The van der Waals surface area contributed by atoms with Gasteiger partial charge in [0, 0.05) is 67.4 Å². The maximum Gasteiger partial charge on any atom is 0.0545 e. The van der Waals surface area contributed by atoms with Gasteiger partial charge < -0.3 is 32.2 Å². The van der Waals surface area contributed by atoms with Crippen molar-refractivity contribution in [3.05, 3.63) is 29.6 Å². The summed E-state index contributed by atoms with van der Waals surface area (Å²) in [7, 11) is 0. The van der Waals surface area contributed by atoms with E-state index in [4.69, 9.17) is 4.98 Å². The first-order valence-electron chi connectivity index (χ1n) is 10.8. The van der Waals surface area contributed by atoms with Gasteiger partial charge in [-0.2, -0.15) is 0 Å². The van der Waals surface area contributed by atoms with Gasteiger partial charge in [0.25, 0.3) is 0 Å². The summed E-state index contributed by atoms with van der Waals surface area (Å²) in [5.74, 6) is 0. The van der Waals surface area contributed by atoms with E-state index in [1.54, 1.807) is 0 Å². The van der Waals surface area contributed by atoms with Crippen LogP contribution in [0.2, 0.25) is 0 Å². The van der Waals surface area contributed by atoms with Gasteiger partial charge in [-0.3, -0.25) is 4.98 Å². The molecule has 1 aromatic heterocycles. The summed E-state index contributed by atoms with van der Waals surface area (Å²) in [6.07, 6.45) is 10.5. The standard InChI is InChI=1S/C21H35N5.Mn.2H2O/c1-3-10-20-18(8-1)22-12-13-23-19-9-2-4-11-21(19)25-15-17-7-5-6-16(26-17)14-24-20;;;/h5-7,18-25H,1-4,8-15H2;;2*1H2/t18?,19?,20-,21-;;;/m1.../s1. The first kappa shape index (κ1) is 26.5. The summed E-state index contributed by atoms with van der Waals surface area (Å²) in [4.78, 5) is 4.89. The zero-order valence-corrected chi connectivity index (χ0v) is 18.5. The first-order valence-corrected chi connectivity index (χ1v) is 10.8. The van der Waals surface area contributed by atoms with Crippen molar-refractivity contribution in [2.75, 3.05) is 13.1 Å². The van der Waals surface area contributed by atoms with Crippen LogP contribution in [0.1, 0.15) is 62.8 Å². The van der Waals surface area contributed by atoms with E-state index in [0.717, 1.165) is 26.2 Å². The van der Waals surface area contributed by atoms with E-state index in [0.29, 0.717) is 24.2 Å². The van der Waals surface area contributed by atoms with Crippen molar-refractivity contribution in [3.63, 3.8) is 0 Å². The molecule has 1 aromatic rings. The topological polar surface area (TPSA) is 124 Å². The minimum absolute atomic E-state index is 0. The average Bonchev–Trinajstić information content (AvgIpc) is 2.69. The van der Waals surface area contributed by atoms with Gasteiger partial charge in [0.15, 0.2) is 0 Å². The molecule has 4 atom stereocenters. The number of rotatable bonds is 0. The van der Waals surface area contributed by atoms with Crippen molar-refractivity contribution in [1.82, 2.24) is 26.3 Å². The minimum atomic E-state index is 0. The molecule has 2 aliphatic carbocycles. The van der Waals surface area contributed by atoms with Gasteiger partial charge in [0.1, 0.15) is 0 Å². The summed E-state index contributed by atoms with van der Waals surface area (Å²) in [5, 5.41) is 15.2. The Morgan fingerprint density at radius 2 is 1.00 bits per heavy atom. The van der Waals surface area contributed by atoms with Crippen LogP contribution in [0, 0.1) is 0 Å². The molecule has 8 heteroatoms. The Morgan fingerprint density at radius 1 is 0.621 bits per heavy atom.